The van der Waals surface area contributed by atoms with Crippen LogP contribution >= 0.6 is 11.6 Å². The van der Waals surface area contributed by atoms with Crippen molar-refractivity contribution < 1.29 is 4.92 Å². The minimum absolute atomic E-state index is 0.00856. The second kappa shape index (κ2) is 9.01. The highest BCUT2D eigenvalue weighted by Gasteiger charge is 2.23. The van der Waals surface area contributed by atoms with Gasteiger partial charge in [0.25, 0.3) is 5.69 Å². The molecule has 0 aliphatic heterocycles. The fraction of sp³-hybridized carbons (Fsp3) is 0.222. The third-order valence-electron chi connectivity index (χ3n) is 6.37. The molecule has 0 aliphatic rings. The van der Waals surface area contributed by atoms with Crippen LogP contribution in [0.1, 0.15) is 37.7 Å². The van der Waals surface area contributed by atoms with Crippen LogP contribution in [0.15, 0.2) is 60.9 Å². The molecular formula is C27H26ClN7O2. The summed E-state index contributed by atoms with van der Waals surface area (Å²) < 4.78 is 3.74. The molecule has 0 spiro atoms. The fourth-order valence-corrected chi connectivity index (χ4v) is 4.50. The van der Waals surface area contributed by atoms with Gasteiger partial charge in [0.1, 0.15) is 18.0 Å². The van der Waals surface area contributed by atoms with Crippen LogP contribution in [0.3, 0.4) is 0 Å². The maximum atomic E-state index is 11.4. The molecule has 0 aliphatic carbocycles. The number of nitro groups is 1. The van der Waals surface area contributed by atoms with Crippen LogP contribution < -0.4 is 5.32 Å². The molecule has 0 radical (unpaired) electrons. The van der Waals surface area contributed by atoms with E-state index in [0.717, 1.165) is 33.7 Å². The number of fused-ring (bicyclic) bond motifs is 1. The molecule has 3 aromatic heterocycles. The van der Waals surface area contributed by atoms with E-state index in [-0.39, 0.29) is 11.1 Å². The summed E-state index contributed by atoms with van der Waals surface area (Å²) >= 11 is 6.28. The van der Waals surface area contributed by atoms with Crippen molar-refractivity contribution in [2.45, 2.75) is 40.0 Å². The number of non-ortho nitro benzene ring substituents is 1. The van der Waals surface area contributed by atoms with Gasteiger partial charge >= 0.3 is 0 Å². The summed E-state index contributed by atoms with van der Waals surface area (Å²) in [6.45, 7) is 10.3. The second-order valence-corrected chi connectivity index (χ2v) is 10.4. The molecule has 2 aromatic carbocycles. The highest BCUT2D eigenvalue weighted by Crippen LogP contribution is 2.35. The summed E-state index contributed by atoms with van der Waals surface area (Å²) in [5, 5.41) is 21.2. The number of nitrogens with one attached hydrogen (secondary N) is 1. The van der Waals surface area contributed by atoms with Crippen molar-refractivity contribution >= 4 is 40.0 Å². The molecule has 0 unspecified atom stereocenters. The molecule has 0 saturated heterocycles. The molecule has 0 fully saturated rings. The molecule has 0 saturated carbocycles. The van der Waals surface area contributed by atoms with Crippen LogP contribution in [-0.2, 0) is 5.41 Å². The summed E-state index contributed by atoms with van der Waals surface area (Å²) in [6.07, 6.45) is 1.52. The van der Waals surface area contributed by atoms with Gasteiger partial charge in [-0.3, -0.25) is 14.7 Å². The van der Waals surface area contributed by atoms with Gasteiger partial charge in [0, 0.05) is 40.0 Å². The third-order valence-corrected chi connectivity index (χ3v) is 6.60. The van der Waals surface area contributed by atoms with Gasteiger partial charge in [-0.1, -0.05) is 44.5 Å². The number of rotatable bonds is 5. The molecule has 5 aromatic rings. The zero-order valence-electron chi connectivity index (χ0n) is 21.2. The lowest BCUT2D eigenvalue weighted by Crippen LogP contribution is -2.12. The smallest absolute Gasteiger partial charge is 0.271 e. The highest BCUT2D eigenvalue weighted by molar-refractivity contribution is 6.30. The number of aryl methyl sites for hydroxylation is 1. The number of aromatic nitrogens is 5. The number of nitrogens with zero attached hydrogens (tertiary/aromatic N) is 6. The Bertz CT molecular complexity index is 1660. The summed E-state index contributed by atoms with van der Waals surface area (Å²) in [6, 6.07) is 16.0. The normalized spacial score (nSPS) is 11.7. The Labute approximate surface area is 218 Å². The molecule has 5 rings (SSSR count). The zero-order valence-corrected chi connectivity index (χ0v) is 21.9. The fourth-order valence-electron chi connectivity index (χ4n) is 4.32. The standard InChI is InChI=1S/C27H26ClN7O2/c1-16-17(2)33(19-9-6-8-18(28)12-19)26-24(16)25(29-15-30-26)31-23-14-22(27(3,4)5)32-34(23)20-10-7-11-21(13-20)35(36)37/h6-15H,1-5H3,(H,29,30,31). The van der Waals surface area contributed by atoms with Gasteiger partial charge in [0.05, 0.1) is 21.7 Å². The number of halogens is 1. The predicted octanol–water partition coefficient (Wildman–Crippen LogP) is 6.83. The first-order chi connectivity index (χ1) is 17.5. The molecule has 188 valence electrons. The molecule has 0 bridgehead atoms. The van der Waals surface area contributed by atoms with Gasteiger partial charge in [0.2, 0.25) is 0 Å². The van der Waals surface area contributed by atoms with Crippen LogP contribution in [-0.4, -0.2) is 29.2 Å². The van der Waals surface area contributed by atoms with Gasteiger partial charge in [0.15, 0.2) is 5.65 Å². The topological polar surface area (TPSA) is 104 Å². The summed E-state index contributed by atoms with van der Waals surface area (Å²) in [5.41, 5.74) is 4.84. The SMILES string of the molecule is Cc1c(C)n(-c2cccc(Cl)c2)c2ncnc(Nc3cc(C(C)(C)C)nn3-c3cccc([N+](=O)[O-])c3)c12. The minimum atomic E-state index is -0.413. The maximum Gasteiger partial charge on any atom is 0.271 e. The Hall–Kier alpha value is -4.24. The molecule has 0 atom stereocenters. The van der Waals surface area contributed by atoms with Gasteiger partial charge in [-0.15, -0.1) is 0 Å². The van der Waals surface area contributed by atoms with E-state index in [9.17, 15) is 10.1 Å². The first-order valence-electron chi connectivity index (χ1n) is 11.8. The van der Waals surface area contributed by atoms with Crippen LogP contribution in [0.2, 0.25) is 5.02 Å². The molecule has 3 heterocycles. The van der Waals surface area contributed by atoms with E-state index in [1.165, 1.54) is 18.5 Å². The lowest BCUT2D eigenvalue weighted by Gasteiger charge is -2.14. The summed E-state index contributed by atoms with van der Waals surface area (Å²) in [5.74, 6) is 1.25. The van der Waals surface area contributed by atoms with Crippen molar-refractivity contribution in [3.8, 4) is 11.4 Å². The van der Waals surface area contributed by atoms with E-state index in [1.807, 2.05) is 44.2 Å². The maximum absolute atomic E-state index is 11.4. The summed E-state index contributed by atoms with van der Waals surface area (Å²) in [7, 11) is 0. The third kappa shape index (κ3) is 4.42. The first-order valence-corrected chi connectivity index (χ1v) is 12.1. The van der Waals surface area contributed by atoms with Gasteiger partial charge in [-0.2, -0.15) is 5.10 Å². The zero-order chi connectivity index (χ0) is 26.5. The van der Waals surface area contributed by atoms with Gasteiger partial charge < -0.3 is 5.32 Å². The molecule has 0 amide bonds. The van der Waals surface area contributed by atoms with Crippen molar-refractivity contribution in [2.24, 2.45) is 0 Å². The number of benzene rings is 2. The Balaban J connectivity index is 1.68. The van der Waals surface area contributed by atoms with Crippen LogP contribution in [0.4, 0.5) is 17.3 Å². The number of anilines is 2. The molecule has 37 heavy (non-hydrogen) atoms. The van der Waals surface area contributed by atoms with E-state index < -0.39 is 4.92 Å². The van der Waals surface area contributed by atoms with Crippen LogP contribution in [0.5, 0.6) is 0 Å². The Morgan fingerprint density at radius 2 is 1.73 bits per heavy atom. The van der Waals surface area contributed by atoms with E-state index in [2.05, 4.69) is 40.6 Å². The van der Waals surface area contributed by atoms with Crippen LogP contribution in [0.25, 0.3) is 22.4 Å². The molecule has 1 N–H and O–H groups in total. The van der Waals surface area contributed by atoms with E-state index in [0.29, 0.717) is 22.3 Å². The van der Waals surface area contributed by atoms with Crippen LogP contribution in [0, 0.1) is 24.0 Å². The average molecular weight is 516 g/mol. The lowest BCUT2D eigenvalue weighted by molar-refractivity contribution is -0.384. The Morgan fingerprint density at radius 1 is 1.00 bits per heavy atom. The van der Waals surface area contributed by atoms with E-state index in [1.54, 1.807) is 16.8 Å². The monoisotopic (exact) mass is 515 g/mol. The van der Waals surface area contributed by atoms with Gasteiger partial charge in [-0.25, -0.2) is 14.6 Å². The largest absolute Gasteiger partial charge is 0.324 e. The number of hydrogen-bond acceptors (Lipinski definition) is 6. The van der Waals surface area contributed by atoms with Crippen molar-refractivity contribution in [3.05, 3.63) is 93.0 Å². The Morgan fingerprint density at radius 3 is 2.43 bits per heavy atom. The van der Waals surface area contributed by atoms with Crippen molar-refractivity contribution in [1.29, 1.82) is 0 Å². The lowest BCUT2D eigenvalue weighted by atomic mass is 9.92. The molecular weight excluding hydrogens is 490 g/mol. The Kier molecular flexibility index (Phi) is 5.95. The number of nitro benzene ring substituents is 1. The molecule has 9 nitrogen and oxygen atoms in total. The summed E-state index contributed by atoms with van der Waals surface area (Å²) in [4.78, 5) is 20.2. The minimum Gasteiger partial charge on any atom is -0.324 e. The first kappa shape index (κ1) is 24.5. The second-order valence-electron chi connectivity index (χ2n) is 9.93. The van der Waals surface area contributed by atoms with Gasteiger partial charge in [-0.05, 0) is 43.7 Å². The van der Waals surface area contributed by atoms with Crippen molar-refractivity contribution in [3.63, 3.8) is 0 Å². The average Bonchev–Trinajstić information content (AvgIpc) is 3.39. The quantitative estimate of drug-likeness (QED) is 0.203. The molecule has 10 heteroatoms. The van der Waals surface area contributed by atoms with Crippen molar-refractivity contribution in [2.75, 3.05) is 5.32 Å². The van der Waals surface area contributed by atoms with E-state index >= 15 is 0 Å². The van der Waals surface area contributed by atoms with E-state index in [4.69, 9.17) is 16.7 Å². The van der Waals surface area contributed by atoms with Crippen molar-refractivity contribution in [1.82, 2.24) is 24.3 Å². The predicted molar refractivity (Wildman–Crippen MR) is 146 cm³/mol. The highest BCUT2D eigenvalue weighted by atomic mass is 35.5. The number of hydrogen-bond donors (Lipinski definition) is 1.